The first kappa shape index (κ1) is 24.2. The van der Waals surface area contributed by atoms with Crippen molar-refractivity contribution in [1.29, 1.82) is 0 Å². The molecule has 172 valence electrons. The number of aromatic nitrogens is 2. The third-order valence-electron chi connectivity index (χ3n) is 5.79. The van der Waals surface area contributed by atoms with E-state index in [9.17, 15) is 0 Å². The van der Waals surface area contributed by atoms with Crippen LogP contribution in [0.1, 0.15) is 37.1 Å². The fourth-order valence-corrected chi connectivity index (χ4v) is 4.13. The molecule has 4 nitrogen and oxygen atoms in total. The van der Waals surface area contributed by atoms with Gasteiger partial charge in [0.15, 0.2) is 0 Å². The first-order valence-corrected chi connectivity index (χ1v) is 15.7. The van der Waals surface area contributed by atoms with Crippen molar-refractivity contribution in [3.05, 3.63) is 84.4 Å². The van der Waals surface area contributed by atoms with E-state index < -0.39 is 0 Å². The van der Waals surface area contributed by atoms with Gasteiger partial charge in [0.25, 0.3) is 0 Å². The molecule has 0 spiro atoms. The summed E-state index contributed by atoms with van der Waals surface area (Å²) in [7, 11) is 1.25. The molecule has 33 heavy (non-hydrogen) atoms. The standard InChI is InChI=1S/C26H24N4.2BrH.Ni/c1-3-9-21-15-27-23(13-19(21)7-1)17-29-25-11-5-6-12-26(25)30-18-24-14-20-8-2-4-10-22(20)16-28-24;;;/h1-4,7-10,13-18,25-26H,5-6,11-12H2;2*1H;/q;;;+2/p-2/t25-,26-;;;/m1.../s1. The summed E-state index contributed by atoms with van der Waals surface area (Å²) in [5.74, 6) is 0. The van der Waals surface area contributed by atoms with Gasteiger partial charge < -0.3 is 0 Å². The van der Waals surface area contributed by atoms with Crippen molar-refractivity contribution in [2.45, 2.75) is 37.8 Å². The topological polar surface area (TPSA) is 50.5 Å². The van der Waals surface area contributed by atoms with E-state index in [0.29, 0.717) is 0 Å². The number of nitrogens with zero attached hydrogens (tertiary/aromatic N) is 4. The van der Waals surface area contributed by atoms with Gasteiger partial charge in [-0.25, -0.2) is 0 Å². The SMILES string of the molecule is C(=N[C@@H]1CCCC[C@H]1N=Cc1cc2ccccc2cn1)c1cc2ccccc2cn1.[Br][Ni][Br]. The van der Waals surface area contributed by atoms with E-state index in [2.05, 4.69) is 86.9 Å². The van der Waals surface area contributed by atoms with Crippen molar-refractivity contribution in [3.8, 4) is 0 Å². The number of rotatable bonds is 4. The van der Waals surface area contributed by atoms with E-state index in [-0.39, 0.29) is 12.1 Å². The van der Waals surface area contributed by atoms with Crippen molar-refractivity contribution in [3.63, 3.8) is 0 Å². The molecule has 2 aromatic carbocycles. The van der Waals surface area contributed by atoms with Gasteiger partial charge in [0.1, 0.15) is 0 Å². The van der Waals surface area contributed by atoms with Crippen LogP contribution >= 0.6 is 28.5 Å². The van der Waals surface area contributed by atoms with E-state index in [4.69, 9.17) is 9.98 Å². The Bertz CT molecular complexity index is 1160. The van der Waals surface area contributed by atoms with Crippen LogP contribution < -0.4 is 0 Å². The van der Waals surface area contributed by atoms with Gasteiger partial charge in [0, 0.05) is 35.6 Å². The number of halogens is 2. The molecule has 2 atom stereocenters. The number of hydrogen-bond donors (Lipinski definition) is 0. The Hall–Kier alpha value is -1.95. The fraction of sp³-hybridized carbons (Fsp3) is 0.231. The summed E-state index contributed by atoms with van der Waals surface area (Å²) in [6.45, 7) is 0. The van der Waals surface area contributed by atoms with E-state index in [1.807, 2.05) is 37.0 Å². The van der Waals surface area contributed by atoms with Crippen molar-refractivity contribution < 1.29 is 10.9 Å². The molecule has 5 rings (SSSR count). The fourth-order valence-electron chi connectivity index (χ4n) is 4.13. The van der Waals surface area contributed by atoms with Crippen LogP contribution in [0, 0.1) is 0 Å². The molecule has 4 aromatic rings. The molecule has 0 unspecified atom stereocenters. The second kappa shape index (κ2) is 12.5. The van der Waals surface area contributed by atoms with E-state index in [0.717, 1.165) is 35.0 Å². The summed E-state index contributed by atoms with van der Waals surface area (Å²) in [6, 6.07) is 21.1. The summed E-state index contributed by atoms with van der Waals surface area (Å²) < 4.78 is 0. The molecule has 0 radical (unpaired) electrons. The van der Waals surface area contributed by atoms with Gasteiger partial charge in [-0.15, -0.1) is 0 Å². The van der Waals surface area contributed by atoms with Gasteiger partial charge in [-0.2, -0.15) is 0 Å². The minimum absolute atomic E-state index is 0.198. The summed E-state index contributed by atoms with van der Waals surface area (Å²) in [5.41, 5.74) is 1.80. The molecular weight excluding hydrogens is 587 g/mol. The van der Waals surface area contributed by atoms with Crippen LogP contribution in [0.15, 0.2) is 83.0 Å². The summed E-state index contributed by atoms with van der Waals surface area (Å²) in [4.78, 5) is 18.8. The van der Waals surface area contributed by atoms with Crippen LogP contribution in [0.4, 0.5) is 0 Å². The van der Waals surface area contributed by atoms with Crippen LogP contribution in [-0.2, 0) is 10.9 Å². The van der Waals surface area contributed by atoms with Crippen LogP contribution in [0.3, 0.4) is 0 Å². The molecule has 2 heterocycles. The van der Waals surface area contributed by atoms with Crippen molar-refractivity contribution in [2.75, 3.05) is 0 Å². The maximum atomic E-state index is 4.88. The zero-order valence-corrected chi connectivity index (χ0v) is 22.1. The molecule has 2 aromatic heterocycles. The van der Waals surface area contributed by atoms with Gasteiger partial charge in [-0.05, 0) is 35.7 Å². The molecule has 0 saturated heterocycles. The molecule has 1 aliphatic carbocycles. The first-order chi connectivity index (χ1) is 16.3. The van der Waals surface area contributed by atoms with Crippen LogP contribution in [0.5, 0.6) is 0 Å². The zero-order valence-electron chi connectivity index (χ0n) is 17.9. The third-order valence-corrected chi connectivity index (χ3v) is 5.79. The monoisotopic (exact) mass is 608 g/mol. The predicted octanol–water partition coefficient (Wildman–Crippen LogP) is 7.32. The maximum absolute atomic E-state index is 4.88. The van der Waals surface area contributed by atoms with E-state index in [1.165, 1.54) is 34.5 Å². The van der Waals surface area contributed by atoms with E-state index in [1.54, 1.807) is 0 Å². The summed E-state index contributed by atoms with van der Waals surface area (Å²) in [5, 5.41) is 4.68. The van der Waals surface area contributed by atoms with E-state index >= 15 is 0 Å². The molecule has 7 heteroatoms. The molecule has 1 aliphatic rings. The van der Waals surface area contributed by atoms with Crippen molar-refractivity contribution in [1.82, 2.24) is 9.97 Å². The summed E-state index contributed by atoms with van der Waals surface area (Å²) >= 11 is 6.00. The number of pyridine rings is 2. The molecule has 0 amide bonds. The second-order valence-corrected chi connectivity index (χ2v) is 12.9. The zero-order chi connectivity index (χ0) is 22.9. The Kier molecular flexibility index (Phi) is 9.16. The van der Waals surface area contributed by atoms with Gasteiger partial charge >= 0.3 is 39.3 Å². The Labute approximate surface area is 214 Å². The van der Waals surface area contributed by atoms with Crippen LogP contribution in [0.25, 0.3) is 21.5 Å². The molecule has 1 fully saturated rings. The molecular formula is C26H24Br2N4Ni. The van der Waals surface area contributed by atoms with Crippen LogP contribution in [0.2, 0.25) is 0 Å². The second-order valence-electron chi connectivity index (χ2n) is 7.93. The van der Waals surface area contributed by atoms with Crippen LogP contribution in [-0.4, -0.2) is 34.5 Å². The van der Waals surface area contributed by atoms with Gasteiger partial charge in [0.2, 0.25) is 0 Å². The Morgan fingerprint density at radius 2 is 1.09 bits per heavy atom. The normalized spacial score (nSPS) is 18.7. The molecule has 1 saturated carbocycles. The molecule has 0 N–H and O–H groups in total. The Morgan fingerprint density at radius 3 is 1.52 bits per heavy atom. The van der Waals surface area contributed by atoms with Gasteiger partial charge in [-0.1, -0.05) is 61.4 Å². The molecule has 0 aliphatic heterocycles. The third kappa shape index (κ3) is 6.78. The predicted molar refractivity (Wildman–Crippen MR) is 143 cm³/mol. The quantitative estimate of drug-likeness (QED) is 0.180. The van der Waals surface area contributed by atoms with Crippen molar-refractivity contribution >= 4 is 62.4 Å². The number of benzene rings is 2. The average Bonchev–Trinajstić information content (AvgIpc) is 2.87. The number of aliphatic imine (C=N–C) groups is 2. The molecule has 0 bridgehead atoms. The van der Waals surface area contributed by atoms with Gasteiger partial charge in [0.05, 0.1) is 23.5 Å². The number of hydrogen-bond acceptors (Lipinski definition) is 4. The average molecular weight is 611 g/mol. The van der Waals surface area contributed by atoms with Crippen molar-refractivity contribution in [2.24, 2.45) is 9.98 Å². The summed E-state index contributed by atoms with van der Waals surface area (Å²) in [6.07, 6.45) is 12.2. The van der Waals surface area contributed by atoms with Gasteiger partial charge in [-0.3, -0.25) is 20.0 Å². The Morgan fingerprint density at radius 1 is 0.697 bits per heavy atom. The Balaban J connectivity index is 0.000000821. The minimum atomic E-state index is 0.198. The number of fused-ring (bicyclic) bond motifs is 2. The first-order valence-electron chi connectivity index (χ1n) is 10.8.